The molecule has 0 saturated carbocycles. The monoisotopic (exact) mass is 372 g/mol. The second kappa shape index (κ2) is 7.42. The maximum absolute atomic E-state index is 13.1. The first-order valence-electron chi connectivity index (χ1n) is 7.87. The van der Waals surface area contributed by atoms with Crippen molar-refractivity contribution in [1.29, 1.82) is 0 Å². The number of nitrogens with zero attached hydrogens (tertiary/aromatic N) is 2. The summed E-state index contributed by atoms with van der Waals surface area (Å²) in [6, 6.07) is 12.8. The van der Waals surface area contributed by atoms with Crippen LogP contribution in [0.15, 0.2) is 52.4 Å². The predicted molar refractivity (Wildman–Crippen MR) is 103 cm³/mol. The lowest BCUT2D eigenvalue weighted by molar-refractivity contribution is -0.116. The summed E-state index contributed by atoms with van der Waals surface area (Å²) in [7, 11) is 0. The van der Waals surface area contributed by atoms with Crippen molar-refractivity contribution in [2.45, 2.75) is 25.4 Å². The van der Waals surface area contributed by atoms with Crippen LogP contribution in [0.3, 0.4) is 0 Å². The molecule has 4 nitrogen and oxygen atoms in total. The minimum absolute atomic E-state index is 0.112. The van der Waals surface area contributed by atoms with Crippen LogP contribution in [0.2, 0.25) is 5.02 Å². The molecule has 0 fully saturated rings. The Bertz CT molecular complexity index is 1010. The van der Waals surface area contributed by atoms with Gasteiger partial charge in [-0.05, 0) is 49.7 Å². The Hall–Kier alpha value is -2.11. The lowest BCUT2D eigenvalue weighted by Crippen LogP contribution is -2.22. The Labute approximate surface area is 154 Å². The van der Waals surface area contributed by atoms with Gasteiger partial charge in [0.05, 0.1) is 16.6 Å². The highest BCUT2D eigenvalue weighted by molar-refractivity contribution is 7.99. The minimum Gasteiger partial charge on any atom is -0.300 e. The smallest absolute Gasteiger partial charge is 0.266 e. The molecule has 0 amide bonds. The molecule has 6 heteroatoms. The summed E-state index contributed by atoms with van der Waals surface area (Å²) in [5, 5.41) is 1.61. The van der Waals surface area contributed by atoms with Gasteiger partial charge in [-0.1, -0.05) is 35.5 Å². The van der Waals surface area contributed by atoms with Crippen LogP contribution in [0.25, 0.3) is 16.6 Å². The summed E-state index contributed by atoms with van der Waals surface area (Å²) in [5.41, 5.74) is 2.24. The van der Waals surface area contributed by atoms with E-state index in [0.717, 1.165) is 11.3 Å². The van der Waals surface area contributed by atoms with Crippen molar-refractivity contribution in [2.75, 3.05) is 5.75 Å². The molecule has 0 radical (unpaired) electrons. The second-order valence-electron chi connectivity index (χ2n) is 5.84. The largest absolute Gasteiger partial charge is 0.300 e. The van der Waals surface area contributed by atoms with E-state index in [1.807, 2.05) is 31.2 Å². The van der Waals surface area contributed by atoms with Crippen LogP contribution in [0, 0.1) is 6.92 Å². The van der Waals surface area contributed by atoms with Gasteiger partial charge in [0.2, 0.25) is 0 Å². The van der Waals surface area contributed by atoms with E-state index >= 15 is 0 Å². The highest BCUT2D eigenvalue weighted by Crippen LogP contribution is 2.24. The van der Waals surface area contributed by atoms with Crippen LogP contribution >= 0.6 is 23.4 Å². The number of fused-ring (bicyclic) bond motifs is 1. The van der Waals surface area contributed by atoms with E-state index in [4.69, 9.17) is 11.6 Å². The van der Waals surface area contributed by atoms with E-state index in [9.17, 15) is 9.59 Å². The lowest BCUT2D eigenvalue weighted by Gasteiger charge is -2.13. The number of benzene rings is 2. The summed E-state index contributed by atoms with van der Waals surface area (Å²) in [6.45, 7) is 3.53. The van der Waals surface area contributed by atoms with Crippen molar-refractivity contribution in [3.63, 3.8) is 0 Å². The molecule has 0 N–H and O–H groups in total. The SMILES string of the molecule is CC(=O)CCSc1nc2cc(Cl)ccc2c(=O)n1-c1cccc(C)c1. The van der Waals surface area contributed by atoms with E-state index in [1.54, 1.807) is 29.7 Å². The lowest BCUT2D eigenvalue weighted by atomic mass is 10.2. The molecule has 0 aliphatic heterocycles. The average Bonchev–Trinajstić information content (AvgIpc) is 2.54. The van der Waals surface area contributed by atoms with Crippen LogP contribution in [0.5, 0.6) is 0 Å². The van der Waals surface area contributed by atoms with Crippen molar-refractivity contribution in [2.24, 2.45) is 0 Å². The fourth-order valence-corrected chi connectivity index (χ4v) is 3.73. The maximum atomic E-state index is 13.1. The third-order valence-corrected chi connectivity index (χ3v) is 4.92. The van der Waals surface area contributed by atoms with Crippen molar-refractivity contribution in [3.05, 3.63) is 63.4 Å². The molecule has 0 aliphatic rings. The van der Waals surface area contributed by atoms with Crippen LogP contribution in [0.4, 0.5) is 0 Å². The van der Waals surface area contributed by atoms with Gasteiger partial charge in [0, 0.05) is 17.2 Å². The summed E-state index contributed by atoms with van der Waals surface area (Å²) in [4.78, 5) is 28.9. The summed E-state index contributed by atoms with van der Waals surface area (Å²) in [6.07, 6.45) is 0.432. The number of ketones is 1. The molecular formula is C19H17ClN2O2S. The van der Waals surface area contributed by atoms with Crippen LogP contribution in [-0.2, 0) is 4.79 Å². The Morgan fingerprint density at radius 2 is 2.04 bits per heavy atom. The van der Waals surface area contributed by atoms with Crippen LogP contribution in [-0.4, -0.2) is 21.1 Å². The van der Waals surface area contributed by atoms with Gasteiger partial charge in [0.1, 0.15) is 5.78 Å². The molecule has 0 saturated heterocycles. The number of halogens is 1. The number of carbonyl (C=O) groups is 1. The van der Waals surface area contributed by atoms with Gasteiger partial charge in [-0.25, -0.2) is 4.98 Å². The highest BCUT2D eigenvalue weighted by Gasteiger charge is 2.14. The quantitative estimate of drug-likeness (QED) is 0.491. The Kier molecular flexibility index (Phi) is 5.25. The standard InChI is InChI=1S/C19H17ClN2O2S/c1-12-4-3-5-15(10-12)22-18(24)16-7-6-14(20)11-17(16)21-19(22)25-9-8-13(2)23/h3-7,10-11H,8-9H2,1-2H3. The topological polar surface area (TPSA) is 52.0 Å². The second-order valence-corrected chi connectivity index (χ2v) is 7.33. The summed E-state index contributed by atoms with van der Waals surface area (Å²) < 4.78 is 1.61. The fraction of sp³-hybridized carbons (Fsp3) is 0.211. The Morgan fingerprint density at radius 3 is 2.76 bits per heavy atom. The minimum atomic E-state index is -0.141. The van der Waals surface area contributed by atoms with Crippen LogP contribution < -0.4 is 5.56 Å². The van der Waals surface area contributed by atoms with Gasteiger partial charge in [-0.15, -0.1) is 0 Å². The van der Waals surface area contributed by atoms with E-state index in [1.165, 1.54) is 11.8 Å². The average molecular weight is 373 g/mol. The Balaban J connectivity index is 2.20. The third-order valence-electron chi connectivity index (χ3n) is 3.75. The number of hydrogen-bond acceptors (Lipinski definition) is 4. The molecule has 3 aromatic rings. The number of thioether (sulfide) groups is 1. The number of aryl methyl sites for hydroxylation is 1. The molecular weight excluding hydrogens is 356 g/mol. The van der Waals surface area contributed by atoms with Gasteiger partial charge in [-0.2, -0.15) is 0 Å². The van der Waals surface area contributed by atoms with Gasteiger partial charge >= 0.3 is 0 Å². The van der Waals surface area contributed by atoms with E-state index in [-0.39, 0.29) is 11.3 Å². The molecule has 0 spiro atoms. The summed E-state index contributed by atoms with van der Waals surface area (Å²) >= 11 is 7.45. The molecule has 0 unspecified atom stereocenters. The van der Waals surface area contributed by atoms with Crippen molar-refractivity contribution in [1.82, 2.24) is 9.55 Å². The first kappa shape index (κ1) is 17.7. The zero-order valence-electron chi connectivity index (χ0n) is 14.0. The van der Waals surface area contributed by atoms with Gasteiger partial charge in [-0.3, -0.25) is 14.2 Å². The molecule has 0 bridgehead atoms. The maximum Gasteiger partial charge on any atom is 0.266 e. The zero-order chi connectivity index (χ0) is 18.0. The molecule has 1 aromatic heterocycles. The summed E-state index contributed by atoms with van der Waals surface area (Å²) in [5.74, 6) is 0.681. The predicted octanol–water partition coefficient (Wildman–Crippen LogP) is 4.42. The number of carbonyl (C=O) groups excluding carboxylic acids is 1. The third kappa shape index (κ3) is 3.94. The molecule has 128 valence electrons. The zero-order valence-corrected chi connectivity index (χ0v) is 15.5. The first-order chi connectivity index (χ1) is 12.0. The van der Waals surface area contributed by atoms with Gasteiger partial charge in [0.15, 0.2) is 5.16 Å². The number of Topliss-reactive ketones (excluding diaryl/α,β-unsaturated/α-hetero) is 1. The molecule has 0 atom stereocenters. The van der Waals surface area contributed by atoms with Crippen molar-refractivity contribution in [3.8, 4) is 5.69 Å². The normalized spacial score (nSPS) is 11.0. The van der Waals surface area contributed by atoms with E-state index < -0.39 is 0 Å². The molecule has 25 heavy (non-hydrogen) atoms. The van der Waals surface area contributed by atoms with Gasteiger partial charge < -0.3 is 0 Å². The first-order valence-corrected chi connectivity index (χ1v) is 9.23. The van der Waals surface area contributed by atoms with E-state index in [2.05, 4.69) is 4.98 Å². The number of rotatable bonds is 5. The number of aromatic nitrogens is 2. The highest BCUT2D eigenvalue weighted by atomic mass is 35.5. The molecule has 1 heterocycles. The fourth-order valence-electron chi connectivity index (χ4n) is 2.52. The Morgan fingerprint density at radius 1 is 1.24 bits per heavy atom. The molecule has 2 aromatic carbocycles. The van der Waals surface area contributed by atoms with E-state index in [0.29, 0.717) is 33.3 Å². The van der Waals surface area contributed by atoms with Crippen molar-refractivity contribution < 1.29 is 4.79 Å². The van der Waals surface area contributed by atoms with Gasteiger partial charge in [0.25, 0.3) is 5.56 Å². The van der Waals surface area contributed by atoms with Crippen molar-refractivity contribution >= 4 is 40.0 Å². The molecule has 0 aliphatic carbocycles. The molecule has 3 rings (SSSR count). The number of hydrogen-bond donors (Lipinski definition) is 0. The van der Waals surface area contributed by atoms with Crippen LogP contribution in [0.1, 0.15) is 18.9 Å².